The van der Waals surface area contributed by atoms with E-state index in [1.807, 2.05) is 0 Å². The van der Waals surface area contributed by atoms with Gasteiger partial charge in [-0.3, -0.25) is 4.98 Å². The normalized spacial score (nSPS) is 13.3. The highest BCUT2D eigenvalue weighted by Crippen LogP contribution is 2.38. The lowest BCUT2D eigenvalue weighted by Gasteiger charge is -2.10. The fourth-order valence-electron chi connectivity index (χ4n) is 1.56. The summed E-state index contributed by atoms with van der Waals surface area (Å²) in [5.41, 5.74) is -7.89. The lowest BCUT2D eigenvalue weighted by Crippen LogP contribution is -2.24. The van der Waals surface area contributed by atoms with Crippen molar-refractivity contribution in [3.8, 4) is 11.5 Å². The summed E-state index contributed by atoms with van der Waals surface area (Å²) in [5, 5.41) is 0. The van der Waals surface area contributed by atoms with Crippen LogP contribution in [-0.4, -0.2) is 28.9 Å². The van der Waals surface area contributed by atoms with E-state index in [1.165, 1.54) is 0 Å². The van der Waals surface area contributed by atoms with Crippen LogP contribution in [0, 0.1) is 0 Å². The Hall–Kier alpha value is -1.63. The van der Waals surface area contributed by atoms with Crippen LogP contribution in [0.3, 0.4) is 0 Å². The molecule has 5 nitrogen and oxygen atoms in total. The smallest absolute Gasteiger partial charge is 0.332 e. The molecule has 0 fully saturated rings. The Balaban J connectivity index is 2.69. The third-order valence-electron chi connectivity index (χ3n) is 2.53. The molecule has 0 aliphatic carbocycles. The van der Waals surface area contributed by atoms with Crippen molar-refractivity contribution in [3.63, 3.8) is 0 Å². The van der Waals surface area contributed by atoms with Crippen LogP contribution in [0.2, 0.25) is 0 Å². The van der Waals surface area contributed by atoms with E-state index in [2.05, 4.69) is 25.9 Å². The highest BCUT2D eigenvalue weighted by Gasteiger charge is 2.48. The second-order valence-corrected chi connectivity index (χ2v) is 6.71. The summed E-state index contributed by atoms with van der Waals surface area (Å²) in [6.07, 6.45) is -3.95. The minimum atomic E-state index is -5.81. The SMILES string of the molecule is O=S(=O)(c1cccnc1-c1nc(Br)c(C(F)(F)F)[nH]1)C(F)(F)F. The van der Waals surface area contributed by atoms with Crippen molar-refractivity contribution < 1.29 is 34.8 Å². The fourth-order valence-corrected chi connectivity index (χ4v) is 2.97. The zero-order chi connectivity index (χ0) is 17.6. The second kappa shape index (κ2) is 5.47. The van der Waals surface area contributed by atoms with Gasteiger partial charge in [-0.2, -0.15) is 26.3 Å². The number of aromatic nitrogens is 3. The molecule has 0 atom stereocenters. The zero-order valence-corrected chi connectivity index (χ0v) is 12.9. The molecular formula is C10H4BrF6N3O2S. The van der Waals surface area contributed by atoms with E-state index in [4.69, 9.17) is 0 Å². The van der Waals surface area contributed by atoms with Gasteiger partial charge in [0.25, 0.3) is 9.84 Å². The number of H-pyrrole nitrogens is 1. The fraction of sp³-hybridized carbons (Fsp3) is 0.200. The molecule has 0 saturated carbocycles. The van der Waals surface area contributed by atoms with Crippen molar-refractivity contribution >= 4 is 25.8 Å². The molecule has 2 heterocycles. The Morgan fingerprint density at radius 3 is 2.22 bits per heavy atom. The van der Waals surface area contributed by atoms with Crippen LogP contribution in [0.15, 0.2) is 27.8 Å². The van der Waals surface area contributed by atoms with Gasteiger partial charge in [0, 0.05) is 6.20 Å². The van der Waals surface area contributed by atoms with Gasteiger partial charge in [-0.25, -0.2) is 13.4 Å². The number of rotatable bonds is 2. The predicted molar refractivity (Wildman–Crippen MR) is 67.8 cm³/mol. The molecule has 2 aromatic rings. The third-order valence-corrected chi connectivity index (χ3v) is 4.62. The number of sulfone groups is 1. The van der Waals surface area contributed by atoms with E-state index in [0.29, 0.717) is 6.07 Å². The largest absolute Gasteiger partial charge is 0.501 e. The van der Waals surface area contributed by atoms with E-state index in [1.54, 1.807) is 4.98 Å². The van der Waals surface area contributed by atoms with Crippen molar-refractivity contribution in [2.24, 2.45) is 0 Å². The van der Waals surface area contributed by atoms with Crippen molar-refractivity contribution in [3.05, 3.63) is 28.6 Å². The number of halogens is 7. The van der Waals surface area contributed by atoms with Crippen LogP contribution in [-0.2, 0) is 16.0 Å². The Morgan fingerprint density at radius 1 is 1.13 bits per heavy atom. The number of hydrogen-bond acceptors (Lipinski definition) is 4. The summed E-state index contributed by atoms with van der Waals surface area (Å²) < 4.78 is 98.3. The molecule has 2 rings (SSSR count). The first kappa shape index (κ1) is 17.7. The van der Waals surface area contributed by atoms with Crippen LogP contribution in [0.25, 0.3) is 11.5 Å². The van der Waals surface area contributed by atoms with Crippen molar-refractivity contribution in [1.82, 2.24) is 15.0 Å². The van der Waals surface area contributed by atoms with Gasteiger partial charge in [0.1, 0.15) is 15.2 Å². The Bertz CT molecular complexity index is 843. The molecule has 0 spiro atoms. The number of nitrogens with zero attached hydrogens (tertiary/aromatic N) is 2. The van der Waals surface area contributed by atoms with Crippen LogP contribution in [0.5, 0.6) is 0 Å². The summed E-state index contributed by atoms with van der Waals surface area (Å²) in [7, 11) is -5.81. The third kappa shape index (κ3) is 3.20. The standard InChI is InChI=1S/C10H4BrF6N3O2S/c11-7-6(9(12,13)14)19-8(20-7)5-4(2-1-3-18-5)23(21,22)10(15,16)17/h1-3H,(H,19,20). The zero-order valence-electron chi connectivity index (χ0n) is 10.5. The van der Waals surface area contributed by atoms with Gasteiger partial charge in [-0.1, -0.05) is 0 Å². The highest BCUT2D eigenvalue weighted by molar-refractivity contribution is 9.10. The van der Waals surface area contributed by atoms with E-state index >= 15 is 0 Å². The molecule has 0 unspecified atom stereocenters. The molecular weight excluding hydrogens is 420 g/mol. The summed E-state index contributed by atoms with van der Waals surface area (Å²) in [6.45, 7) is 0. The van der Waals surface area contributed by atoms with Crippen molar-refractivity contribution in [2.75, 3.05) is 0 Å². The molecule has 0 bridgehead atoms. The molecule has 0 aliphatic rings. The molecule has 0 saturated heterocycles. The van der Waals surface area contributed by atoms with Gasteiger partial charge in [-0.05, 0) is 28.1 Å². The second-order valence-electron chi connectivity index (χ2n) is 4.05. The topological polar surface area (TPSA) is 75.7 Å². The number of pyridine rings is 1. The first-order valence-electron chi connectivity index (χ1n) is 5.45. The molecule has 13 heteroatoms. The number of imidazole rings is 1. The maximum absolute atomic E-state index is 12.7. The van der Waals surface area contributed by atoms with Gasteiger partial charge in [-0.15, -0.1) is 0 Å². The summed E-state index contributed by atoms with van der Waals surface area (Å²) in [5.74, 6) is -0.771. The molecule has 0 aliphatic heterocycles. The van der Waals surface area contributed by atoms with E-state index in [0.717, 1.165) is 12.3 Å². The minimum absolute atomic E-state index is 0.578. The van der Waals surface area contributed by atoms with Crippen LogP contribution in [0.4, 0.5) is 26.3 Å². The predicted octanol–water partition coefficient (Wildman–Crippen LogP) is 3.55. The van der Waals surface area contributed by atoms with Crippen LogP contribution in [0.1, 0.15) is 5.69 Å². The minimum Gasteiger partial charge on any atom is -0.332 e. The van der Waals surface area contributed by atoms with Crippen LogP contribution < -0.4 is 0 Å². The first-order chi connectivity index (χ1) is 10.4. The number of nitrogens with one attached hydrogen (secondary N) is 1. The van der Waals surface area contributed by atoms with E-state index < -0.39 is 48.2 Å². The number of hydrogen-bond donors (Lipinski definition) is 1. The quantitative estimate of drug-likeness (QED) is 0.749. The average molecular weight is 424 g/mol. The maximum Gasteiger partial charge on any atom is 0.501 e. The van der Waals surface area contributed by atoms with Crippen LogP contribution >= 0.6 is 15.9 Å². The highest BCUT2D eigenvalue weighted by atomic mass is 79.9. The monoisotopic (exact) mass is 423 g/mol. The first-order valence-corrected chi connectivity index (χ1v) is 7.72. The Morgan fingerprint density at radius 2 is 1.74 bits per heavy atom. The molecule has 2 aromatic heterocycles. The van der Waals surface area contributed by atoms with Gasteiger partial charge in [0.15, 0.2) is 11.5 Å². The van der Waals surface area contributed by atoms with Gasteiger partial charge >= 0.3 is 11.7 Å². The van der Waals surface area contributed by atoms with Crippen molar-refractivity contribution in [1.29, 1.82) is 0 Å². The van der Waals surface area contributed by atoms with Crippen molar-refractivity contribution in [2.45, 2.75) is 16.6 Å². The van der Waals surface area contributed by atoms with Gasteiger partial charge in [0.05, 0.1) is 0 Å². The molecule has 126 valence electrons. The molecule has 1 N–H and O–H groups in total. The molecule has 0 amide bonds. The Labute approximate surface area is 132 Å². The maximum atomic E-state index is 12.7. The lowest BCUT2D eigenvalue weighted by atomic mass is 10.3. The summed E-state index contributed by atoms with van der Waals surface area (Å²) in [4.78, 5) is 7.18. The summed E-state index contributed by atoms with van der Waals surface area (Å²) >= 11 is 2.50. The van der Waals surface area contributed by atoms with E-state index in [9.17, 15) is 34.8 Å². The lowest BCUT2D eigenvalue weighted by molar-refractivity contribution is -0.141. The molecule has 23 heavy (non-hydrogen) atoms. The average Bonchev–Trinajstić information content (AvgIpc) is 2.79. The van der Waals surface area contributed by atoms with E-state index in [-0.39, 0.29) is 0 Å². The Kier molecular flexibility index (Phi) is 4.22. The number of aromatic amines is 1. The van der Waals surface area contributed by atoms with Gasteiger partial charge < -0.3 is 4.98 Å². The number of alkyl halides is 6. The van der Waals surface area contributed by atoms with Gasteiger partial charge in [0.2, 0.25) is 0 Å². The summed E-state index contributed by atoms with van der Waals surface area (Å²) in [6, 6.07) is 1.49. The molecule has 0 aromatic carbocycles. The molecule has 0 radical (unpaired) electrons.